The van der Waals surface area contributed by atoms with Crippen molar-refractivity contribution in [2.75, 3.05) is 18.1 Å². The molecule has 3 aromatic carbocycles. The van der Waals surface area contributed by atoms with Crippen LogP contribution in [0.5, 0.6) is 23.0 Å². The molecule has 6 rings (SSSR count). The van der Waals surface area contributed by atoms with Crippen LogP contribution >= 0.6 is 11.3 Å². The van der Waals surface area contributed by atoms with Crippen molar-refractivity contribution in [2.45, 2.75) is 13.0 Å². The van der Waals surface area contributed by atoms with Gasteiger partial charge in [0.1, 0.15) is 36.5 Å². The number of anilines is 1. The Bertz CT molecular complexity index is 1560. The van der Waals surface area contributed by atoms with Crippen molar-refractivity contribution in [1.29, 1.82) is 0 Å². The smallest absolute Gasteiger partial charge is 0.300 e. The number of Topliss-reactive ketones (excluding diaryl/α,β-unsaturated/α-hetero) is 1. The maximum atomic E-state index is 13.4. The zero-order valence-electron chi connectivity index (χ0n) is 20.4. The van der Waals surface area contributed by atoms with E-state index in [0.717, 1.165) is 10.4 Å². The minimum absolute atomic E-state index is 0.0224. The number of fused-ring (bicyclic) bond motifs is 1. The Morgan fingerprint density at radius 3 is 2.45 bits per heavy atom. The first kappa shape index (κ1) is 23.8. The van der Waals surface area contributed by atoms with Crippen molar-refractivity contribution in [3.8, 4) is 23.0 Å². The molecule has 2 aliphatic heterocycles. The van der Waals surface area contributed by atoms with Gasteiger partial charge in [-0.1, -0.05) is 18.2 Å². The Hall–Kier alpha value is -4.56. The second kappa shape index (κ2) is 9.72. The van der Waals surface area contributed by atoms with Gasteiger partial charge in [0.2, 0.25) is 0 Å². The van der Waals surface area contributed by atoms with E-state index in [2.05, 4.69) is 0 Å². The van der Waals surface area contributed by atoms with E-state index in [1.807, 2.05) is 48.7 Å². The minimum Gasteiger partial charge on any atom is -0.507 e. The van der Waals surface area contributed by atoms with Crippen LogP contribution in [0.4, 0.5) is 5.69 Å². The van der Waals surface area contributed by atoms with Gasteiger partial charge >= 0.3 is 0 Å². The molecule has 1 atom stereocenters. The first-order valence-corrected chi connectivity index (χ1v) is 13.0. The molecule has 38 heavy (non-hydrogen) atoms. The molecule has 4 aromatic rings. The highest BCUT2D eigenvalue weighted by molar-refractivity contribution is 7.10. The number of thiophene rings is 1. The molecule has 0 radical (unpaired) electrons. The summed E-state index contributed by atoms with van der Waals surface area (Å²) in [6.45, 7) is 2.82. The maximum Gasteiger partial charge on any atom is 0.300 e. The Balaban J connectivity index is 1.38. The number of hydrogen-bond acceptors (Lipinski definition) is 7. The van der Waals surface area contributed by atoms with Gasteiger partial charge in [-0.3, -0.25) is 14.5 Å². The highest BCUT2D eigenvalue weighted by atomic mass is 32.1. The number of nitrogens with zero attached hydrogens (tertiary/aromatic N) is 1. The third-order valence-electron chi connectivity index (χ3n) is 6.41. The van der Waals surface area contributed by atoms with Crippen molar-refractivity contribution < 1.29 is 28.9 Å². The molecule has 3 heterocycles. The average Bonchev–Trinajstić information content (AvgIpc) is 3.55. The lowest BCUT2D eigenvalue weighted by molar-refractivity contribution is -0.132. The molecule has 8 heteroatoms. The highest BCUT2D eigenvalue weighted by Gasteiger charge is 2.47. The lowest BCUT2D eigenvalue weighted by Gasteiger charge is -2.24. The van der Waals surface area contributed by atoms with Crippen LogP contribution < -0.4 is 19.1 Å². The molecule has 1 amide bonds. The van der Waals surface area contributed by atoms with Gasteiger partial charge in [-0.15, -0.1) is 11.3 Å². The summed E-state index contributed by atoms with van der Waals surface area (Å²) < 4.78 is 17.2. The van der Waals surface area contributed by atoms with E-state index in [1.165, 1.54) is 16.2 Å². The second-order valence-corrected chi connectivity index (χ2v) is 9.93. The van der Waals surface area contributed by atoms with Crippen molar-refractivity contribution in [3.63, 3.8) is 0 Å². The topological polar surface area (TPSA) is 85.3 Å². The predicted molar refractivity (Wildman–Crippen MR) is 144 cm³/mol. The fourth-order valence-electron chi connectivity index (χ4n) is 4.65. The van der Waals surface area contributed by atoms with Crippen LogP contribution in [-0.4, -0.2) is 30.0 Å². The average molecular weight is 526 g/mol. The quantitative estimate of drug-likeness (QED) is 0.188. The monoisotopic (exact) mass is 525 g/mol. The zero-order chi connectivity index (χ0) is 26.2. The van der Waals surface area contributed by atoms with E-state index in [1.54, 1.807) is 42.5 Å². The highest BCUT2D eigenvalue weighted by Crippen LogP contribution is 2.44. The molecule has 7 nitrogen and oxygen atoms in total. The summed E-state index contributed by atoms with van der Waals surface area (Å²) in [5.41, 5.74) is 1.99. The van der Waals surface area contributed by atoms with Gasteiger partial charge in [-0.2, -0.15) is 0 Å². The summed E-state index contributed by atoms with van der Waals surface area (Å²) in [5.74, 6) is 0.616. The molecule has 1 aromatic heterocycles. The van der Waals surface area contributed by atoms with Crippen molar-refractivity contribution in [1.82, 2.24) is 0 Å². The molecule has 1 N–H and O–H groups in total. The van der Waals surface area contributed by atoms with Crippen LogP contribution in [0.25, 0.3) is 5.76 Å². The number of aliphatic hydroxyl groups excluding tert-OH is 1. The molecule has 1 saturated heterocycles. The minimum atomic E-state index is -0.785. The van der Waals surface area contributed by atoms with Gasteiger partial charge in [-0.05, 0) is 78.5 Å². The number of ether oxygens (including phenoxy) is 3. The first-order valence-electron chi connectivity index (χ1n) is 12.1. The fourth-order valence-corrected chi connectivity index (χ4v) is 5.47. The molecule has 0 bridgehead atoms. The van der Waals surface area contributed by atoms with Gasteiger partial charge < -0.3 is 19.3 Å². The summed E-state index contributed by atoms with van der Waals surface area (Å²) in [6, 6.07) is 22.6. The largest absolute Gasteiger partial charge is 0.507 e. The van der Waals surface area contributed by atoms with E-state index in [-0.39, 0.29) is 11.3 Å². The SMILES string of the molecule is Cc1cccc(Oc2ccc(N3C(=O)C(=O)/C(=C(\O)c4ccc5c(c4)OCCO5)C3c3cccs3)cc2)c1. The summed E-state index contributed by atoms with van der Waals surface area (Å²) >= 11 is 1.41. The molecular formula is C30H23NO6S. The Labute approximate surface area is 223 Å². The fraction of sp³-hybridized carbons (Fsp3) is 0.133. The molecule has 0 saturated carbocycles. The standard InChI is InChI=1S/C30H23NO6S/c1-18-4-2-5-22(16-18)37-21-10-8-20(9-11-21)31-27(25-6-3-15-38-25)26(29(33)30(31)34)28(32)19-7-12-23-24(17-19)36-14-13-35-23/h2-12,15-17,27,32H,13-14H2,1H3/b28-26-. The van der Waals surface area contributed by atoms with Crippen molar-refractivity contribution in [3.05, 3.63) is 106 Å². The summed E-state index contributed by atoms with van der Waals surface area (Å²) in [7, 11) is 0. The van der Waals surface area contributed by atoms with Crippen molar-refractivity contribution >= 4 is 34.5 Å². The lowest BCUT2D eigenvalue weighted by Crippen LogP contribution is -2.29. The summed E-state index contributed by atoms with van der Waals surface area (Å²) in [4.78, 5) is 28.9. The number of carbonyl (C=O) groups excluding carboxylic acids is 2. The Morgan fingerprint density at radius 2 is 1.71 bits per heavy atom. The van der Waals surface area contributed by atoms with E-state index in [9.17, 15) is 14.7 Å². The van der Waals surface area contributed by atoms with Crippen LogP contribution in [0.15, 0.2) is 89.8 Å². The number of amides is 1. The lowest BCUT2D eigenvalue weighted by atomic mass is 9.99. The van der Waals surface area contributed by atoms with Gasteiger partial charge in [0.15, 0.2) is 11.5 Å². The Kier molecular flexibility index (Phi) is 6.09. The normalized spacial score (nSPS) is 18.0. The summed E-state index contributed by atoms with van der Waals surface area (Å²) in [5, 5.41) is 13.2. The first-order chi connectivity index (χ1) is 18.5. The van der Waals surface area contributed by atoms with Gasteiger partial charge in [-0.25, -0.2) is 0 Å². The van der Waals surface area contributed by atoms with Crippen molar-refractivity contribution in [2.24, 2.45) is 0 Å². The Morgan fingerprint density at radius 1 is 0.921 bits per heavy atom. The molecule has 2 aliphatic rings. The maximum absolute atomic E-state index is 13.4. The summed E-state index contributed by atoms with van der Waals surface area (Å²) in [6.07, 6.45) is 0. The number of benzene rings is 3. The third-order valence-corrected chi connectivity index (χ3v) is 7.34. The number of ketones is 1. The van der Waals surface area contributed by atoms with E-state index >= 15 is 0 Å². The zero-order valence-corrected chi connectivity index (χ0v) is 21.2. The van der Waals surface area contributed by atoms with Gasteiger partial charge in [0, 0.05) is 16.1 Å². The van der Waals surface area contributed by atoms with Crippen LogP contribution in [0.3, 0.4) is 0 Å². The number of carbonyl (C=O) groups is 2. The third kappa shape index (κ3) is 4.29. The van der Waals surface area contributed by atoms with Crippen LogP contribution in [0, 0.1) is 6.92 Å². The number of hydrogen-bond donors (Lipinski definition) is 1. The number of aryl methyl sites for hydroxylation is 1. The van der Waals surface area contributed by atoms with E-state index in [0.29, 0.717) is 47.5 Å². The van der Waals surface area contributed by atoms with Gasteiger partial charge in [0.25, 0.3) is 11.7 Å². The molecule has 0 spiro atoms. The molecule has 0 aliphatic carbocycles. The molecule has 190 valence electrons. The van der Waals surface area contributed by atoms with E-state index in [4.69, 9.17) is 14.2 Å². The van der Waals surface area contributed by atoms with Crippen LogP contribution in [0.1, 0.15) is 22.0 Å². The van der Waals surface area contributed by atoms with Crippen LogP contribution in [-0.2, 0) is 9.59 Å². The predicted octanol–water partition coefficient (Wildman–Crippen LogP) is 6.25. The van der Waals surface area contributed by atoms with Gasteiger partial charge in [0.05, 0.1) is 5.57 Å². The molecule has 1 unspecified atom stereocenters. The van der Waals surface area contributed by atoms with Crippen LogP contribution in [0.2, 0.25) is 0 Å². The molecule has 1 fully saturated rings. The number of rotatable bonds is 5. The van der Waals surface area contributed by atoms with E-state index < -0.39 is 17.7 Å². The number of aliphatic hydroxyl groups is 1. The second-order valence-electron chi connectivity index (χ2n) is 8.96. The molecular weight excluding hydrogens is 502 g/mol.